The summed E-state index contributed by atoms with van der Waals surface area (Å²) in [4.78, 5) is 8.16. The molecule has 0 radical (unpaired) electrons. The van der Waals surface area contributed by atoms with E-state index in [-0.39, 0.29) is 6.61 Å². The van der Waals surface area contributed by atoms with Gasteiger partial charge in [-0.05, 0) is 30.7 Å². The second kappa shape index (κ2) is 10.7. The van der Waals surface area contributed by atoms with Gasteiger partial charge in [-0.3, -0.25) is 8.42 Å². The second-order valence-electron chi connectivity index (χ2n) is 6.98. The second-order valence-corrected chi connectivity index (χ2v) is 9.74. The van der Waals surface area contributed by atoms with Crippen molar-refractivity contribution in [3.8, 4) is 22.5 Å². The number of aliphatic hydroxyl groups is 1. The van der Waals surface area contributed by atoms with E-state index in [2.05, 4.69) is 17.1 Å². The Labute approximate surface area is 187 Å². The molecule has 1 aromatic heterocycles. The van der Waals surface area contributed by atoms with Crippen LogP contribution in [0.2, 0.25) is 0 Å². The number of hydrogen-bond donors (Lipinski definition) is 1. The van der Waals surface area contributed by atoms with Gasteiger partial charge in [0.1, 0.15) is 11.4 Å². The quantitative estimate of drug-likeness (QED) is 0.527. The lowest BCUT2D eigenvalue weighted by molar-refractivity contribution is 0.301. The van der Waals surface area contributed by atoms with Gasteiger partial charge in [-0.1, -0.05) is 31.2 Å². The molecular formula is C22H26N4O3S2. The van der Waals surface area contributed by atoms with E-state index in [1.54, 1.807) is 12.5 Å². The van der Waals surface area contributed by atoms with Gasteiger partial charge in [-0.15, -0.1) is 10.2 Å². The highest BCUT2D eigenvalue weighted by Gasteiger charge is 2.17. The average molecular weight is 459 g/mol. The summed E-state index contributed by atoms with van der Waals surface area (Å²) in [6.45, 7) is 3.16. The maximum absolute atomic E-state index is 11.8. The third kappa shape index (κ3) is 5.61. The van der Waals surface area contributed by atoms with Crippen LogP contribution >= 0.6 is 0 Å². The Morgan fingerprint density at radius 1 is 0.806 bits per heavy atom. The number of benzene rings is 2. The molecule has 0 aliphatic rings. The van der Waals surface area contributed by atoms with Crippen molar-refractivity contribution in [3.05, 3.63) is 48.5 Å². The maximum atomic E-state index is 11.8. The lowest BCUT2D eigenvalue weighted by Crippen LogP contribution is -2.29. The van der Waals surface area contributed by atoms with Crippen LogP contribution < -0.4 is 4.90 Å². The molecule has 0 spiro atoms. The summed E-state index contributed by atoms with van der Waals surface area (Å²) in [6, 6.07) is 14.7. The summed E-state index contributed by atoms with van der Waals surface area (Å²) in [7, 11) is -2.14. The van der Waals surface area contributed by atoms with Gasteiger partial charge in [0.05, 0.1) is 6.61 Å². The molecule has 1 N–H and O–H groups in total. The fourth-order valence-electron chi connectivity index (χ4n) is 3.16. The molecule has 3 aromatic rings. The summed E-state index contributed by atoms with van der Waals surface area (Å²) < 4.78 is 23.5. The van der Waals surface area contributed by atoms with Crippen LogP contribution in [0.15, 0.2) is 58.3 Å². The van der Waals surface area contributed by atoms with Crippen molar-refractivity contribution in [2.45, 2.75) is 23.1 Å². The number of hydrogen-bond acceptors (Lipinski definition) is 7. The highest BCUT2D eigenvalue weighted by molar-refractivity contribution is 7.84. The first kappa shape index (κ1) is 23.2. The first-order chi connectivity index (χ1) is 14.9. The molecule has 7 nitrogen and oxygen atoms in total. The minimum Gasteiger partial charge on any atom is -0.395 e. The van der Waals surface area contributed by atoms with E-state index >= 15 is 0 Å². The minimum atomic E-state index is -1.07. The fraction of sp³-hybridized carbons (Fsp3) is 0.318. The maximum Gasteiger partial charge on any atom is 0.246 e. The molecule has 0 bridgehead atoms. The predicted molar refractivity (Wildman–Crippen MR) is 125 cm³/mol. The Balaban J connectivity index is 2.12. The number of anilines is 1. The van der Waals surface area contributed by atoms with Crippen LogP contribution in [0.3, 0.4) is 0 Å². The van der Waals surface area contributed by atoms with E-state index in [0.717, 1.165) is 27.3 Å². The normalized spacial score (nSPS) is 13.0. The Kier molecular flexibility index (Phi) is 8.00. The van der Waals surface area contributed by atoms with Gasteiger partial charge in [0.2, 0.25) is 5.95 Å². The molecule has 2 aromatic carbocycles. The van der Waals surface area contributed by atoms with E-state index in [4.69, 9.17) is 4.98 Å². The Bertz CT molecular complexity index is 1070. The van der Waals surface area contributed by atoms with Crippen molar-refractivity contribution in [1.82, 2.24) is 15.2 Å². The molecule has 0 fully saturated rings. The average Bonchev–Trinajstić information content (AvgIpc) is 2.78. The lowest BCUT2D eigenvalue weighted by Gasteiger charge is -2.21. The predicted octanol–water partition coefficient (Wildman–Crippen LogP) is 2.89. The van der Waals surface area contributed by atoms with E-state index < -0.39 is 21.6 Å². The SMILES string of the molecule is CCCN(CCO)c1nnc(-c2ccc(S(C)=O)cc2)c(-c2ccc(S(C)=O)cc2)n1. The number of nitrogens with zero attached hydrogens (tertiary/aromatic N) is 4. The monoisotopic (exact) mass is 458 g/mol. The third-order valence-electron chi connectivity index (χ3n) is 4.74. The van der Waals surface area contributed by atoms with E-state index in [9.17, 15) is 13.5 Å². The summed E-state index contributed by atoms with van der Waals surface area (Å²) in [6.07, 6.45) is 4.16. The molecule has 164 valence electrons. The Hall–Kier alpha value is -2.49. The highest BCUT2D eigenvalue weighted by Crippen LogP contribution is 2.30. The molecule has 0 amide bonds. The molecule has 0 aliphatic heterocycles. The molecule has 0 saturated carbocycles. The first-order valence-corrected chi connectivity index (χ1v) is 13.0. The molecular weight excluding hydrogens is 432 g/mol. The van der Waals surface area contributed by atoms with Crippen molar-refractivity contribution in [2.24, 2.45) is 0 Å². The van der Waals surface area contributed by atoms with Crippen molar-refractivity contribution in [2.75, 3.05) is 37.1 Å². The highest BCUT2D eigenvalue weighted by atomic mass is 32.2. The zero-order valence-electron chi connectivity index (χ0n) is 17.8. The van der Waals surface area contributed by atoms with Crippen LogP contribution in [0, 0.1) is 0 Å². The van der Waals surface area contributed by atoms with Crippen LogP contribution in [-0.4, -0.2) is 60.9 Å². The van der Waals surface area contributed by atoms with E-state index in [0.29, 0.717) is 30.4 Å². The van der Waals surface area contributed by atoms with Gasteiger partial charge in [-0.2, -0.15) is 0 Å². The molecule has 2 atom stereocenters. The molecule has 1 heterocycles. The van der Waals surface area contributed by atoms with Crippen LogP contribution in [0.1, 0.15) is 13.3 Å². The van der Waals surface area contributed by atoms with Gasteiger partial charge in [0.25, 0.3) is 0 Å². The standard InChI is InChI=1S/C22H26N4O3S2/c1-4-13-26(14-15-27)22-23-20(16-5-9-18(10-6-16)30(2)28)21(24-25-22)17-7-11-19(12-8-17)31(3)29/h5-12,27H,4,13-15H2,1-3H3. The van der Waals surface area contributed by atoms with Gasteiger partial charge >= 0.3 is 0 Å². The first-order valence-electron chi connectivity index (χ1n) is 9.92. The van der Waals surface area contributed by atoms with Crippen LogP contribution in [0.25, 0.3) is 22.5 Å². The Morgan fingerprint density at radius 2 is 1.32 bits per heavy atom. The van der Waals surface area contributed by atoms with Crippen LogP contribution in [0.5, 0.6) is 0 Å². The summed E-state index contributed by atoms with van der Waals surface area (Å²) >= 11 is 0. The van der Waals surface area contributed by atoms with Crippen molar-refractivity contribution >= 4 is 27.5 Å². The van der Waals surface area contributed by atoms with Crippen LogP contribution in [-0.2, 0) is 21.6 Å². The van der Waals surface area contributed by atoms with E-state index in [1.807, 2.05) is 53.4 Å². The number of aromatic nitrogens is 3. The fourth-order valence-corrected chi connectivity index (χ4v) is 4.20. The summed E-state index contributed by atoms with van der Waals surface area (Å²) in [5.74, 6) is 0.448. The molecule has 0 aliphatic carbocycles. The topological polar surface area (TPSA) is 96.3 Å². The van der Waals surface area contributed by atoms with Crippen molar-refractivity contribution in [3.63, 3.8) is 0 Å². The van der Waals surface area contributed by atoms with E-state index in [1.165, 1.54) is 0 Å². The molecule has 31 heavy (non-hydrogen) atoms. The largest absolute Gasteiger partial charge is 0.395 e. The van der Waals surface area contributed by atoms with Gasteiger partial charge in [-0.25, -0.2) is 4.98 Å². The zero-order chi connectivity index (χ0) is 22.4. The van der Waals surface area contributed by atoms with Gasteiger partial charge in [0, 0.05) is 68.1 Å². The molecule has 0 saturated heterocycles. The van der Waals surface area contributed by atoms with Crippen molar-refractivity contribution in [1.29, 1.82) is 0 Å². The van der Waals surface area contributed by atoms with Crippen LogP contribution in [0.4, 0.5) is 5.95 Å². The van der Waals surface area contributed by atoms with Gasteiger partial charge in [0.15, 0.2) is 0 Å². The summed E-state index contributed by atoms with van der Waals surface area (Å²) in [5.41, 5.74) is 2.87. The Morgan fingerprint density at radius 3 is 1.77 bits per heavy atom. The number of aliphatic hydroxyl groups excluding tert-OH is 1. The third-order valence-corrected chi connectivity index (χ3v) is 6.61. The zero-order valence-corrected chi connectivity index (χ0v) is 19.4. The molecule has 2 unspecified atom stereocenters. The minimum absolute atomic E-state index is 0.00687. The molecule has 3 rings (SSSR count). The smallest absolute Gasteiger partial charge is 0.246 e. The molecule has 9 heteroatoms. The summed E-state index contributed by atoms with van der Waals surface area (Å²) in [5, 5.41) is 18.2. The van der Waals surface area contributed by atoms with Gasteiger partial charge < -0.3 is 10.0 Å². The lowest BCUT2D eigenvalue weighted by atomic mass is 10.0. The number of rotatable bonds is 9. The van der Waals surface area contributed by atoms with Crippen molar-refractivity contribution < 1.29 is 13.5 Å².